The Morgan fingerprint density at radius 3 is 2.52 bits per heavy atom. The number of aromatic nitrogens is 2. The van der Waals surface area contributed by atoms with E-state index in [0.717, 1.165) is 29.5 Å². The normalized spacial score (nSPS) is 14.5. The summed E-state index contributed by atoms with van der Waals surface area (Å²) in [5.74, 6) is 6.93. The molecule has 1 heterocycles. The molecule has 3 aromatic rings. The molecule has 0 radical (unpaired) electrons. The lowest BCUT2D eigenvalue weighted by molar-refractivity contribution is 0.791. The maximum absolute atomic E-state index is 12.3. The lowest BCUT2D eigenvalue weighted by Crippen LogP contribution is -2.31. The van der Waals surface area contributed by atoms with Crippen LogP contribution in [0.3, 0.4) is 0 Å². The standard InChI is InChI=1S/C17H15N3O/c18-20-16(12-6-7-12)19-15-10-13(8-9-14(15)17(20)21)11-4-2-1-3-5-11/h1-5,8-10,12H,6-7,18H2. The van der Waals surface area contributed by atoms with E-state index in [2.05, 4.69) is 4.98 Å². The minimum absolute atomic E-state index is 0.165. The summed E-state index contributed by atoms with van der Waals surface area (Å²) in [6.45, 7) is 0. The van der Waals surface area contributed by atoms with Gasteiger partial charge in [0.15, 0.2) is 0 Å². The first-order chi connectivity index (χ1) is 10.2. The van der Waals surface area contributed by atoms with Crippen LogP contribution in [0.25, 0.3) is 22.0 Å². The first kappa shape index (κ1) is 12.1. The van der Waals surface area contributed by atoms with Gasteiger partial charge in [0.25, 0.3) is 5.56 Å². The Labute approximate surface area is 121 Å². The van der Waals surface area contributed by atoms with Gasteiger partial charge in [-0.3, -0.25) is 4.79 Å². The maximum atomic E-state index is 12.3. The molecule has 4 heteroatoms. The van der Waals surface area contributed by atoms with Gasteiger partial charge in [0.05, 0.1) is 10.9 Å². The van der Waals surface area contributed by atoms with Crippen molar-refractivity contribution < 1.29 is 0 Å². The quantitative estimate of drug-likeness (QED) is 0.732. The van der Waals surface area contributed by atoms with E-state index in [4.69, 9.17) is 5.84 Å². The molecule has 0 saturated heterocycles. The van der Waals surface area contributed by atoms with E-state index in [1.165, 1.54) is 4.68 Å². The number of hydrogen-bond donors (Lipinski definition) is 1. The van der Waals surface area contributed by atoms with Gasteiger partial charge in [-0.05, 0) is 36.1 Å². The van der Waals surface area contributed by atoms with Crippen molar-refractivity contribution in [3.8, 4) is 11.1 Å². The third-order valence-corrected chi connectivity index (χ3v) is 3.98. The Bertz CT molecular complexity index is 880. The van der Waals surface area contributed by atoms with E-state index in [-0.39, 0.29) is 5.56 Å². The van der Waals surface area contributed by atoms with Crippen molar-refractivity contribution in [2.45, 2.75) is 18.8 Å². The smallest absolute Gasteiger partial charge is 0.279 e. The third kappa shape index (κ3) is 2.00. The van der Waals surface area contributed by atoms with Crippen molar-refractivity contribution in [1.29, 1.82) is 0 Å². The van der Waals surface area contributed by atoms with Crippen LogP contribution in [0.5, 0.6) is 0 Å². The van der Waals surface area contributed by atoms with Gasteiger partial charge in [0.2, 0.25) is 0 Å². The summed E-state index contributed by atoms with van der Waals surface area (Å²) in [5, 5.41) is 0.571. The van der Waals surface area contributed by atoms with Crippen molar-refractivity contribution in [3.63, 3.8) is 0 Å². The molecule has 1 aliphatic carbocycles. The van der Waals surface area contributed by atoms with Crippen molar-refractivity contribution in [2.24, 2.45) is 0 Å². The van der Waals surface area contributed by atoms with Gasteiger partial charge in [-0.1, -0.05) is 36.4 Å². The highest BCUT2D eigenvalue weighted by Crippen LogP contribution is 2.38. The van der Waals surface area contributed by atoms with Crippen LogP contribution in [0, 0.1) is 0 Å². The zero-order valence-electron chi connectivity index (χ0n) is 11.5. The summed E-state index contributed by atoms with van der Waals surface area (Å²) in [7, 11) is 0. The maximum Gasteiger partial charge on any atom is 0.279 e. The highest BCUT2D eigenvalue weighted by Gasteiger charge is 2.28. The molecule has 1 saturated carbocycles. The van der Waals surface area contributed by atoms with Crippen LogP contribution in [0.15, 0.2) is 53.3 Å². The number of benzene rings is 2. The molecule has 1 aliphatic rings. The van der Waals surface area contributed by atoms with Gasteiger partial charge in [0, 0.05) is 5.92 Å². The highest BCUT2D eigenvalue weighted by atomic mass is 16.1. The highest BCUT2D eigenvalue weighted by molar-refractivity contribution is 5.83. The van der Waals surface area contributed by atoms with Gasteiger partial charge in [0.1, 0.15) is 5.82 Å². The number of nitrogens with zero attached hydrogens (tertiary/aromatic N) is 2. The van der Waals surface area contributed by atoms with Crippen LogP contribution in [-0.4, -0.2) is 9.66 Å². The average molecular weight is 277 g/mol. The van der Waals surface area contributed by atoms with Gasteiger partial charge < -0.3 is 5.84 Å². The predicted octanol–water partition coefficient (Wildman–Crippen LogP) is 2.65. The second-order valence-corrected chi connectivity index (χ2v) is 5.52. The molecule has 2 aromatic carbocycles. The van der Waals surface area contributed by atoms with Crippen LogP contribution >= 0.6 is 0 Å². The Morgan fingerprint density at radius 2 is 1.81 bits per heavy atom. The summed E-state index contributed by atoms with van der Waals surface area (Å²) in [5.41, 5.74) is 2.74. The van der Waals surface area contributed by atoms with Crippen molar-refractivity contribution in [3.05, 3.63) is 64.7 Å². The lowest BCUT2D eigenvalue weighted by atomic mass is 10.0. The number of fused-ring (bicyclic) bond motifs is 1. The minimum Gasteiger partial charge on any atom is -0.335 e. The van der Waals surface area contributed by atoms with E-state index < -0.39 is 0 Å². The van der Waals surface area contributed by atoms with E-state index in [1.807, 2.05) is 48.5 Å². The minimum atomic E-state index is -0.165. The Kier molecular flexibility index (Phi) is 2.57. The topological polar surface area (TPSA) is 60.9 Å². The fraction of sp³-hybridized carbons (Fsp3) is 0.176. The monoisotopic (exact) mass is 277 g/mol. The van der Waals surface area contributed by atoms with E-state index in [9.17, 15) is 4.79 Å². The average Bonchev–Trinajstić information content (AvgIpc) is 3.36. The van der Waals surface area contributed by atoms with Crippen molar-refractivity contribution in [2.75, 3.05) is 5.84 Å². The number of rotatable bonds is 2. The summed E-state index contributed by atoms with van der Waals surface area (Å²) in [6, 6.07) is 15.8. The Morgan fingerprint density at radius 1 is 1.05 bits per heavy atom. The molecule has 21 heavy (non-hydrogen) atoms. The number of nitrogens with two attached hydrogens (primary N) is 1. The summed E-state index contributed by atoms with van der Waals surface area (Å²) < 4.78 is 1.21. The van der Waals surface area contributed by atoms with Crippen LogP contribution in [-0.2, 0) is 0 Å². The molecule has 0 spiro atoms. The molecule has 0 amide bonds. The number of nitrogen functional groups attached to an aromatic ring is 1. The predicted molar refractivity (Wildman–Crippen MR) is 83.6 cm³/mol. The largest absolute Gasteiger partial charge is 0.335 e. The second kappa shape index (κ2) is 4.45. The zero-order chi connectivity index (χ0) is 14.4. The van der Waals surface area contributed by atoms with Crippen molar-refractivity contribution >= 4 is 10.9 Å². The van der Waals surface area contributed by atoms with E-state index >= 15 is 0 Å². The van der Waals surface area contributed by atoms with Gasteiger partial charge in [-0.25, -0.2) is 9.66 Å². The number of hydrogen-bond acceptors (Lipinski definition) is 3. The van der Waals surface area contributed by atoms with Gasteiger partial charge in [-0.2, -0.15) is 0 Å². The zero-order valence-corrected chi connectivity index (χ0v) is 11.5. The van der Waals surface area contributed by atoms with Crippen molar-refractivity contribution in [1.82, 2.24) is 9.66 Å². The third-order valence-electron chi connectivity index (χ3n) is 3.98. The molecule has 0 atom stereocenters. The molecule has 104 valence electrons. The first-order valence-electron chi connectivity index (χ1n) is 7.11. The fourth-order valence-electron chi connectivity index (χ4n) is 2.66. The van der Waals surface area contributed by atoms with Crippen LogP contribution < -0.4 is 11.4 Å². The first-order valence-corrected chi connectivity index (χ1v) is 7.11. The molecule has 2 N–H and O–H groups in total. The second-order valence-electron chi connectivity index (χ2n) is 5.52. The Hall–Kier alpha value is -2.62. The summed E-state index contributed by atoms with van der Waals surface area (Å²) >= 11 is 0. The fourth-order valence-corrected chi connectivity index (χ4v) is 2.66. The van der Waals surface area contributed by atoms with E-state index in [0.29, 0.717) is 17.1 Å². The molecule has 4 rings (SSSR count). The summed E-state index contributed by atoms with van der Waals surface area (Å²) in [4.78, 5) is 16.9. The Balaban J connectivity index is 1.95. The van der Waals surface area contributed by atoms with Crippen LogP contribution in [0.4, 0.5) is 0 Å². The molecular formula is C17H15N3O. The summed E-state index contributed by atoms with van der Waals surface area (Å²) in [6.07, 6.45) is 2.13. The molecule has 0 bridgehead atoms. The molecule has 0 unspecified atom stereocenters. The van der Waals surface area contributed by atoms with Gasteiger partial charge in [-0.15, -0.1) is 0 Å². The van der Waals surface area contributed by atoms with Crippen LogP contribution in [0.2, 0.25) is 0 Å². The van der Waals surface area contributed by atoms with Gasteiger partial charge >= 0.3 is 0 Å². The molecular weight excluding hydrogens is 262 g/mol. The SMILES string of the molecule is Nn1c(C2CC2)nc2cc(-c3ccccc3)ccc2c1=O. The molecule has 1 fully saturated rings. The van der Waals surface area contributed by atoms with E-state index in [1.54, 1.807) is 0 Å². The molecule has 0 aliphatic heterocycles. The molecule has 1 aromatic heterocycles. The van der Waals surface area contributed by atoms with Crippen LogP contribution in [0.1, 0.15) is 24.6 Å². The molecule has 4 nitrogen and oxygen atoms in total. The lowest BCUT2D eigenvalue weighted by Gasteiger charge is -2.09.